The first kappa shape index (κ1) is 11.1. The van der Waals surface area contributed by atoms with Gasteiger partial charge in [-0.25, -0.2) is 4.39 Å². The average Bonchev–Trinajstić information content (AvgIpc) is 2.27. The lowest BCUT2D eigenvalue weighted by Gasteiger charge is -2.11. The van der Waals surface area contributed by atoms with Crippen LogP contribution in [0.4, 0.5) is 15.8 Å². The normalized spacial score (nSPS) is 10.7. The summed E-state index contributed by atoms with van der Waals surface area (Å²) in [6.45, 7) is 2.68. The molecule has 2 aromatic rings. The van der Waals surface area contributed by atoms with E-state index in [2.05, 4.69) is 26.2 Å². The minimum Gasteiger partial charge on any atom is -0.396 e. The highest BCUT2D eigenvalue weighted by Gasteiger charge is 2.11. The van der Waals surface area contributed by atoms with Crippen molar-refractivity contribution in [2.24, 2.45) is 0 Å². The molecule has 0 saturated heterocycles. The number of rotatable bonds is 2. The second-order valence-corrected chi connectivity index (χ2v) is 4.23. The van der Waals surface area contributed by atoms with Gasteiger partial charge < -0.3 is 11.1 Å². The van der Waals surface area contributed by atoms with Crippen LogP contribution in [0.1, 0.15) is 6.92 Å². The van der Waals surface area contributed by atoms with E-state index in [1.54, 1.807) is 12.1 Å². The molecular formula is C11H11BrFN3. The molecule has 0 bridgehead atoms. The second kappa shape index (κ2) is 4.25. The molecule has 0 radical (unpaired) electrons. The largest absolute Gasteiger partial charge is 0.396 e. The van der Waals surface area contributed by atoms with E-state index >= 15 is 0 Å². The summed E-state index contributed by atoms with van der Waals surface area (Å²) in [5.74, 6) is -0.364. The summed E-state index contributed by atoms with van der Waals surface area (Å²) in [7, 11) is 0. The predicted molar refractivity (Wildman–Crippen MR) is 68.0 cm³/mol. The highest BCUT2D eigenvalue weighted by molar-refractivity contribution is 9.10. The van der Waals surface area contributed by atoms with Gasteiger partial charge >= 0.3 is 0 Å². The van der Waals surface area contributed by atoms with Crippen LogP contribution in [-0.2, 0) is 0 Å². The van der Waals surface area contributed by atoms with Crippen molar-refractivity contribution in [3.8, 4) is 0 Å². The number of nitrogens with two attached hydrogens (primary N) is 1. The molecule has 5 heteroatoms. The Balaban J connectivity index is 2.78. The van der Waals surface area contributed by atoms with Crippen molar-refractivity contribution < 1.29 is 4.39 Å². The third-order valence-corrected chi connectivity index (χ3v) is 2.93. The van der Waals surface area contributed by atoms with E-state index in [9.17, 15) is 4.39 Å². The molecule has 1 aromatic heterocycles. The SMILES string of the molecule is CCNc1c(N)cnc2c(F)c(Br)ccc12. The maximum absolute atomic E-state index is 13.8. The number of pyridine rings is 1. The summed E-state index contributed by atoms with van der Waals surface area (Å²) in [6.07, 6.45) is 1.47. The van der Waals surface area contributed by atoms with E-state index in [-0.39, 0.29) is 5.82 Å². The second-order valence-electron chi connectivity index (χ2n) is 3.38. The third kappa shape index (κ3) is 1.71. The molecule has 0 aliphatic carbocycles. The monoisotopic (exact) mass is 283 g/mol. The fraction of sp³-hybridized carbons (Fsp3) is 0.182. The summed E-state index contributed by atoms with van der Waals surface area (Å²) in [5.41, 5.74) is 7.38. The van der Waals surface area contributed by atoms with E-state index < -0.39 is 0 Å². The third-order valence-electron chi connectivity index (χ3n) is 2.31. The van der Waals surface area contributed by atoms with Gasteiger partial charge in [-0.2, -0.15) is 0 Å². The Kier molecular flexibility index (Phi) is 2.96. The summed E-state index contributed by atoms with van der Waals surface area (Å²) in [5, 5.41) is 3.82. The number of halogens is 2. The molecule has 1 heterocycles. The number of hydrogen-bond acceptors (Lipinski definition) is 3. The Labute approximate surface area is 101 Å². The van der Waals surface area contributed by atoms with Crippen LogP contribution >= 0.6 is 15.9 Å². The van der Waals surface area contributed by atoms with E-state index in [0.717, 1.165) is 12.2 Å². The number of aromatic nitrogens is 1. The molecule has 0 atom stereocenters. The zero-order valence-corrected chi connectivity index (χ0v) is 10.3. The van der Waals surface area contributed by atoms with Crippen molar-refractivity contribution in [3.63, 3.8) is 0 Å². The molecule has 1 aromatic carbocycles. The van der Waals surface area contributed by atoms with Crippen LogP contribution in [0.25, 0.3) is 10.9 Å². The molecule has 0 amide bonds. The molecule has 3 nitrogen and oxygen atoms in total. The first-order chi connectivity index (χ1) is 7.65. The smallest absolute Gasteiger partial charge is 0.163 e. The topological polar surface area (TPSA) is 50.9 Å². The fourth-order valence-electron chi connectivity index (χ4n) is 1.60. The molecular weight excluding hydrogens is 273 g/mol. The Hall–Kier alpha value is -1.36. The lowest BCUT2D eigenvalue weighted by molar-refractivity contribution is 0.630. The molecule has 0 aliphatic heterocycles. The highest BCUT2D eigenvalue weighted by Crippen LogP contribution is 2.31. The van der Waals surface area contributed by atoms with Crippen LogP contribution in [0.15, 0.2) is 22.8 Å². The number of hydrogen-bond donors (Lipinski definition) is 2. The maximum Gasteiger partial charge on any atom is 0.163 e. The summed E-state index contributed by atoms with van der Waals surface area (Å²) in [6, 6.07) is 3.45. The lowest BCUT2D eigenvalue weighted by Crippen LogP contribution is -2.03. The molecule has 84 valence electrons. The summed E-state index contributed by atoms with van der Waals surface area (Å²) >= 11 is 3.13. The number of nitrogens with one attached hydrogen (secondary N) is 1. The van der Waals surface area contributed by atoms with Gasteiger partial charge in [0.15, 0.2) is 5.82 Å². The van der Waals surface area contributed by atoms with E-state index in [1.165, 1.54) is 6.20 Å². The molecule has 3 N–H and O–H groups in total. The quantitative estimate of drug-likeness (QED) is 0.890. The Morgan fingerprint density at radius 3 is 2.94 bits per heavy atom. The van der Waals surface area contributed by atoms with Crippen LogP contribution in [-0.4, -0.2) is 11.5 Å². The minimum absolute atomic E-state index is 0.319. The average molecular weight is 284 g/mol. The first-order valence-electron chi connectivity index (χ1n) is 4.91. The highest BCUT2D eigenvalue weighted by atomic mass is 79.9. The van der Waals surface area contributed by atoms with Crippen LogP contribution in [0.2, 0.25) is 0 Å². The van der Waals surface area contributed by atoms with Gasteiger partial charge in [0.2, 0.25) is 0 Å². The molecule has 0 fully saturated rings. The van der Waals surface area contributed by atoms with Crippen molar-refractivity contribution in [3.05, 3.63) is 28.6 Å². The molecule has 0 aliphatic rings. The fourth-order valence-corrected chi connectivity index (χ4v) is 1.92. The minimum atomic E-state index is -0.364. The molecule has 0 saturated carbocycles. The standard InChI is InChI=1S/C11H11BrFN3/c1-2-15-10-6-3-4-7(12)9(13)11(6)16-5-8(10)14/h3-5H,2,14H2,1H3,(H,15,16). The molecule has 2 rings (SSSR count). The van der Waals surface area contributed by atoms with Crippen molar-refractivity contribution in [2.45, 2.75) is 6.92 Å². The number of nitrogens with zero attached hydrogens (tertiary/aromatic N) is 1. The molecule has 0 unspecified atom stereocenters. The first-order valence-corrected chi connectivity index (χ1v) is 5.70. The van der Waals surface area contributed by atoms with Crippen molar-refractivity contribution in [1.82, 2.24) is 4.98 Å². The van der Waals surface area contributed by atoms with Gasteiger partial charge in [-0.3, -0.25) is 4.98 Å². The zero-order chi connectivity index (χ0) is 11.7. The van der Waals surface area contributed by atoms with Gasteiger partial charge in [0.05, 0.1) is 22.0 Å². The summed E-state index contributed by atoms with van der Waals surface area (Å²) in [4.78, 5) is 4.01. The van der Waals surface area contributed by atoms with Crippen LogP contribution in [0.3, 0.4) is 0 Å². The number of benzene rings is 1. The van der Waals surface area contributed by atoms with Gasteiger partial charge in [-0.15, -0.1) is 0 Å². The Morgan fingerprint density at radius 2 is 2.25 bits per heavy atom. The van der Waals surface area contributed by atoms with Gasteiger partial charge in [-0.1, -0.05) is 0 Å². The van der Waals surface area contributed by atoms with E-state index in [1.807, 2.05) is 6.92 Å². The van der Waals surface area contributed by atoms with Gasteiger partial charge in [0.1, 0.15) is 5.52 Å². The van der Waals surface area contributed by atoms with Crippen LogP contribution in [0, 0.1) is 5.82 Å². The zero-order valence-electron chi connectivity index (χ0n) is 8.72. The van der Waals surface area contributed by atoms with Crippen LogP contribution < -0.4 is 11.1 Å². The molecule has 16 heavy (non-hydrogen) atoms. The predicted octanol–water partition coefficient (Wildman–Crippen LogP) is 3.15. The summed E-state index contributed by atoms with van der Waals surface area (Å²) < 4.78 is 14.2. The van der Waals surface area contributed by atoms with Crippen LogP contribution in [0.5, 0.6) is 0 Å². The maximum atomic E-state index is 13.8. The van der Waals surface area contributed by atoms with Crippen molar-refractivity contribution in [2.75, 3.05) is 17.6 Å². The lowest BCUT2D eigenvalue weighted by atomic mass is 10.1. The van der Waals surface area contributed by atoms with Crippen molar-refractivity contribution in [1.29, 1.82) is 0 Å². The Morgan fingerprint density at radius 1 is 1.50 bits per heavy atom. The van der Waals surface area contributed by atoms with Crippen molar-refractivity contribution >= 4 is 38.2 Å². The van der Waals surface area contributed by atoms with E-state index in [0.29, 0.717) is 21.1 Å². The van der Waals surface area contributed by atoms with E-state index in [4.69, 9.17) is 5.73 Å². The number of nitrogen functional groups attached to an aromatic ring is 1. The number of fused-ring (bicyclic) bond motifs is 1. The van der Waals surface area contributed by atoms with Gasteiger partial charge in [0, 0.05) is 11.9 Å². The van der Waals surface area contributed by atoms with Gasteiger partial charge in [-0.05, 0) is 35.0 Å². The van der Waals surface area contributed by atoms with Gasteiger partial charge in [0.25, 0.3) is 0 Å². The Bertz CT molecular complexity index is 542. The molecule has 0 spiro atoms. The number of anilines is 2.